The van der Waals surface area contributed by atoms with Crippen LogP contribution < -0.4 is 4.72 Å². The number of amides is 1. The Morgan fingerprint density at radius 3 is 1.89 bits per heavy atom. The standard InChI is InChI=1S/C30H23NO5S/c32-29(31-37(35,36)27-16-15-22-6-2-4-8-25(22)19-27)28(17-20-9-11-23(12-10-20)30(33)34)26-14-13-21-5-1-3-7-24(21)18-26/h1-16,18-19,28H,17H2,(H,31,32)(H,33,34). The predicted octanol–water partition coefficient (Wildman–Crippen LogP) is 5.52. The summed E-state index contributed by atoms with van der Waals surface area (Å²) in [5.74, 6) is -2.53. The van der Waals surface area contributed by atoms with E-state index in [9.17, 15) is 23.1 Å². The second kappa shape index (κ2) is 9.87. The maximum atomic E-state index is 13.5. The van der Waals surface area contributed by atoms with Crippen LogP contribution in [0.4, 0.5) is 0 Å². The molecule has 0 bridgehead atoms. The number of hydrogen-bond donors (Lipinski definition) is 2. The Morgan fingerprint density at radius 2 is 1.27 bits per heavy atom. The average molecular weight is 510 g/mol. The SMILES string of the molecule is O=C(O)c1ccc(CC(C(=O)NS(=O)(=O)c2ccc3ccccc3c2)c2ccc3ccccc3c2)cc1. The highest BCUT2D eigenvalue weighted by molar-refractivity contribution is 7.90. The molecule has 0 aromatic heterocycles. The lowest BCUT2D eigenvalue weighted by Gasteiger charge is -2.18. The Morgan fingerprint density at radius 1 is 0.703 bits per heavy atom. The molecule has 0 heterocycles. The van der Waals surface area contributed by atoms with Crippen molar-refractivity contribution < 1.29 is 23.1 Å². The quantitative estimate of drug-likeness (QED) is 0.301. The number of carbonyl (C=O) groups excluding carboxylic acids is 1. The summed E-state index contributed by atoms with van der Waals surface area (Å²) in [6.07, 6.45) is 0.192. The Balaban J connectivity index is 1.49. The fraction of sp³-hybridized carbons (Fsp3) is 0.0667. The zero-order valence-corrected chi connectivity index (χ0v) is 20.5. The molecule has 37 heavy (non-hydrogen) atoms. The summed E-state index contributed by atoms with van der Waals surface area (Å²) in [7, 11) is -4.13. The van der Waals surface area contributed by atoms with Crippen LogP contribution in [0, 0.1) is 0 Å². The van der Waals surface area contributed by atoms with Crippen LogP contribution in [0.1, 0.15) is 27.4 Å². The van der Waals surface area contributed by atoms with Crippen LogP contribution in [0.15, 0.2) is 114 Å². The molecule has 0 saturated heterocycles. The Labute approximate surface area is 214 Å². The van der Waals surface area contributed by atoms with Crippen molar-refractivity contribution in [3.8, 4) is 0 Å². The van der Waals surface area contributed by atoms with Crippen molar-refractivity contribution in [1.29, 1.82) is 0 Å². The summed E-state index contributed by atoms with van der Waals surface area (Å²) in [6.45, 7) is 0. The van der Waals surface area contributed by atoms with Gasteiger partial charge in [-0.25, -0.2) is 17.9 Å². The fourth-order valence-corrected chi connectivity index (χ4v) is 5.46. The van der Waals surface area contributed by atoms with Gasteiger partial charge in [-0.15, -0.1) is 0 Å². The molecular weight excluding hydrogens is 486 g/mol. The van der Waals surface area contributed by atoms with Gasteiger partial charge >= 0.3 is 5.97 Å². The van der Waals surface area contributed by atoms with Crippen LogP contribution in [-0.2, 0) is 21.2 Å². The Bertz CT molecular complexity index is 1740. The molecule has 5 rings (SSSR count). The molecular formula is C30H23NO5S. The van der Waals surface area contributed by atoms with E-state index >= 15 is 0 Å². The van der Waals surface area contributed by atoms with Crippen LogP contribution in [0.25, 0.3) is 21.5 Å². The molecule has 0 radical (unpaired) electrons. The maximum Gasteiger partial charge on any atom is 0.335 e. The zero-order valence-electron chi connectivity index (χ0n) is 19.7. The maximum absolute atomic E-state index is 13.5. The minimum absolute atomic E-state index is 0.00243. The third-order valence-corrected chi connectivity index (χ3v) is 7.74. The van der Waals surface area contributed by atoms with E-state index in [2.05, 4.69) is 4.72 Å². The molecule has 5 aromatic rings. The number of hydrogen-bond acceptors (Lipinski definition) is 4. The third kappa shape index (κ3) is 5.22. The van der Waals surface area contributed by atoms with E-state index in [0.29, 0.717) is 11.1 Å². The van der Waals surface area contributed by atoms with E-state index in [4.69, 9.17) is 0 Å². The largest absolute Gasteiger partial charge is 0.478 e. The number of fused-ring (bicyclic) bond motifs is 2. The normalized spacial score (nSPS) is 12.3. The summed E-state index contributed by atoms with van der Waals surface area (Å²) in [6, 6.07) is 31.7. The van der Waals surface area contributed by atoms with Gasteiger partial charge in [-0.05, 0) is 63.4 Å². The van der Waals surface area contributed by atoms with Gasteiger partial charge in [0.2, 0.25) is 5.91 Å². The van der Waals surface area contributed by atoms with Gasteiger partial charge in [0.25, 0.3) is 10.0 Å². The first kappa shape index (κ1) is 24.2. The van der Waals surface area contributed by atoms with Crippen molar-refractivity contribution in [1.82, 2.24) is 4.72 Å². The highest BCUT2D eigenvalue weighted by Crippen LogP contribution is 2.27. The van der Waals surface area contributed by atoms with Crippen molar-refractivity contribution >= 4 is 43.4 Å². The van der Waals surface area contributed by atoms with Crippen molar-refractivity contribution in [2.75, 3.05) is 0 Å². The van der Waals surface area contributed by atoms with Crippen LogP contribution in [-0.4, -0.2) is 25.4 Å². The zero-order chi connectivity index (χ0) is 26.0. The summed E-state index contributed by atoms with van der Waals surface area (Å²) < 4.78 is 28.7. The van der Waals surface area contributed by atoms with Crippen molar-refractivity contribution in [3.05, 3.63) is 126 Å². The lowest BCUT2D eigenvalue weighted by Crippen LogP contribution is -2.35. The molecule has 7 heteroatoms. The van der Waals surface area contributed by atoms with Gasteiger partial charge < -0.3 is 5.11 Å². The van der Waals surface area contributed by atoms with E-state index in [0.717, 1.165) is 21.5 Å². The van der Waals surface area contributed by atoms with Gasteiger partial charge in [0.1, 0.15) is 0 Å². The molecule has 1 atom stereocenters. The van der Waals surface area contributed by atoms with E-state index in [-0.39, 0.29) is 16.9 Å². The van der Waals surface area contributed by atoms with Gasteiger partial charge in [-0.2, -0.15) is 0 Å². The van der Waals surface area contributed by atoms with E-state index in [1.165, 1.54) is 18.2 Å². The molecule has 0 aliphatic rings. The summed E-state index contributed by atoms with van der Waals surface area (Å²) in [4.78, 5) is 24.8. The first-order chi connectivity index (χ1) is 17.8. The van der Waals surface area contributed by atoms with Crippen LogP contribution in [0.5, 0.6) is 0 Å². The Kier molecular flexibility index (Phi) is 6.46. The highest BCUT2D eigenvalue weighted by Gasteiger charge is 2.27. The van der Waals surface area contributed by atoms with Crippen LogP contribution in [0.3, 0.4) is 0 Å². The van der Waals surface area contributed by atoms with Gasteiger partial charge in [-0.3, -0.25) is 4.79 Å². The van der Waals surface area contributed by atoms with Crippen LogP contribution in [0.2, 0.25) is 0 Å². The van der Waals surface area contributed by atoms with Crippen molar-refractivity contribution in [2.24, 2.45) is 0 Å². The molecule has 0 fully saturated rings. The van der Waals surface area contributed by atoms with Gasteiger partial charge in [0.05, 0.1) is 16.4 Å². The first-order valence-electron chi connectivity index (χ1n) is 11.7. The molecule has 0 aliphatic heterocycles. The molecule has 2 N–H and O–H groups in total. The average Bonchev–Trinajstić information content (AvgIpc) is 2.91. The van der Waals surface area contributed by atoms with Crippen molar-refractivity contribution in [2.45, 2.75) is 17.2 Å². The molecule has 1 amide bonds. The number of carboxylic acid groups (broad SMARTS) is 1. The first-order valence-corrected chi connectivity index (χ1v) is 13.1. The van der Waals surface area contributed by atoms with Gasteiger partial charge in [0, 0.05) is 0 Å². The molecule has 6 nitrogen and oxygen atoms in total. The minimum atomic E-state index is -4.13. The third-order valence-electron chi connectivity index (χ3n) is 6.40. The summed E-state index contributed by atoms with van der Waals surface area (Å²) in [5, 5.41) is 12.8. The fourth-order valence-electron chi connectivity index (χ4n) is 4.40. The van der Waals surface area contributed by atoms with E-state index in [1.54, 1.807) is 24.3 Å². The number of rotatable bonds is 7. The van der Waals surface area contributed by atoms with E-state index < -0.39 is 27.8 Å². The van der Waals surface area contributed by atoms with Gasteiger partial charge in [-0.1, -0.05) is 84.9 Å². The predicted molar refractivity (Wildman–Crippen MR) is 143 cm³/mol. The molecule has 5 aromatic carbocycles. The number of carboxylic acids is 1. The molecule has 0 saturated carbocycles. The summed E-state index contributed by atoms with van der Waals surface area (Å²) >= 11 is 0. The smallest absolute Gasteiger partial charge is 0.335 e. The number of benzene rings is 5. The topological polar surface area (TPSA) is 101 Å². The van der Waals surface area contributed by atoms with E-state index in [1.807, 2.05) is 66.7 Å². The second-order valence-corrected chi connectivity index (χ2v) is 10.5. The van der Waals surface area contributed by atoms with Crippen LogP contribution >= 0.6 is 0 Å². The number of sulfonamides is 1. The Hall–Kier alpha value is -4.49. The number of carbonyl (C=O) groups is 2. The van der Waals surface area contributed by atoms with Gasteiger partial charge in [0.15, 0.2) is 0 Å². The lowest BCUT2D eigenvalue weighted by molar-refractivity contribution is -0.120. The lowest BCUT2D eigenvalue weighted by atomic mass is 9.90. The monoisotopic (exact) mass is 509 g/mol. The number of nitrogens with one attached hydrogen (secondary N) is 1. The highest BCUT2D eigenvalue weighted by atomic mass is 32.2. The molecule has 0 aliphatic carbocycles. The minimum Gasteiger partial charge on any atom is -0.478 e. The molecule has 184 valence electrons. The summed E-state index contributed by atoms with van der Waals surface area (Å²) in [5.41, 5.74) is 1.50. The molecule has 0 spiro atoms. The number of aromatic carboxylic acids is 1. The molecule has 1 unspecified atom stereocenters. The second-order valence-electron chi connectivity index (χ2n) is 8.84. The van der Waals surface area contributed by atoms with Crippen molar-refractivity contribution in [3.63, 3.8) is 0 Å².